The lowest BCUT2D eigenvalue weighted by Gasteiger charge is -2.26. The summed E-state index contributed by atoms with van der Waals surface area (Å²) < 4.78 is 28.9. The number of aryl methyl sites for hydroxylation is 1. The highest BCUT2D eigenvalue weighted by Crippen LogP contribution is 2.17. The van der Waals surface area contributed by atoms with Crippen molar-refractivity contribution < 1.29 is 13.2 Å². The smallest absolute Gasteiger partial charge is 0.191 e. The Balaban J connectivity index is 1.77. The molecule has 1 aliphatic heterocycles. The minimum absolute atomic E-state index is 0.0335. The molecule has 2 N–H and O–H groups in total. The van der Waals surface area contributed by atoms with Gasteiger partial charge in [-0.25, -0.2) is 13.4 Å². The summed E-state index contributed by atoms with van der Waals surface area (Å²) in [6.07, 6.45) is -0.0335. The van der Waals surface area contributed by atoms with Gasteiger partial charge in [0, 0.05) is 32.7 Å². The maximum atomic E-state index is 11.5. The van der Waals surface area contributed by atoms with Gasteiger partial charge in [-0.3, -0.25) is 4.90 Å². The van der Waals surface area contributed by atoms with Crippen molar-refractivity contribution in [3.05, 3.63) is 29.8 Å². The van der Waals surface area contributed by atoms with Crippen LogP contribution in [0.3, 0.4) is 0 Å². The number of aliphatic imine (C=N–C) groups is 1. The second kappa shape index (κ2) is 10.5. The van der Waals surface area contributed by atoms with Crippen LogP contribution < -0.4 is 15.4 Å². The van der Waals surface area contributed by atoms with Crippen LogP contribution in [-0.2, 0) is 9.84 Å². The zero-order valence-electron chi connectivity index (χ0n) is 16.6. The number of guanidine groups is 1. The van der Waals surface area contributed by atoms with Gasteiger partial charge < -0.3 is 15.4 Å². The molecule has 1 aliphatic rings. The highest BCUT2D eigenvalue weighted by Gasteiger charge is 2.20. The van der Waals surface area contributed by atoms with E-state index in [-0.39, 0.29) is 17.6 Å². The molecule has 2 rings (SSSR count). The van der Waals surface area contributed by atoms with E-state index in [0.29, 0.717) is 19.6 Å². The summed E-state index contributed by atoms with van der Waals surface area (Å²) in [6.45, 7) is 10.1. The predicted octanol–water partition coefficient (Wildman–Crippen LogP) is 1.05. The molecule has 7 nitrogen and oxygen atoms in total. The maximum absolute atomic E-state index is 11.5. The van der Waals surface area contributed by atoms with Crippen LogP contribution in [0.15, 0.2) is 29.3 Å². The SMILES string of the molecule is CCNC(=NCC(C)Oc1ccccc1C)NCCN1CCS(=O)(=O)CC1. The molecule has 0 aliphatic carbocycles. The molecular weight excluding hydrogens is 364 g/mol. The first-order chi connectivity index (χ1) is 12.9. The van der Waals surface area contributed by atoms with E-state index in [2.05, 4.69) is 20.5 Å². The van der Waals surface area contributed by atoms with Crippen molar-refractivity contribution in [1.29, 1.82) is 0 Å². The molecule has 0 bridgehead atoms. The number of nitrogens with one attached hydrogen (secondary N) is 2. The van der Waals surface area contributed by atoms with Crippen LogP contribution in [-0.4, -0.2) is 76.2 Å². The number of ether oxygens (including phenoxy) is 1. The van der Waals surface area contributed by atoms with Gasteiger partial charge in [-0.2, -0.15) is 0 Å². The Labute approximate surface area is 163 Å². The Morgan fingerprint density at radius 2 is 1.96 bits per heavy atom. The largest absolute Gasteiger partial charge is 0.489 e. The Bertz CT molecular complexity index is 707. The van der Waals surface area contributed by atoms with E-state index >= 15 is 0 Å². The van der Waals surface area contributed by atoms with E-state index in [0.717, 1.165) is 36.9 Å². The molecule has 0 spiro atoms. The Morgan fingerprint density at radius 3 is 2.63 bits per heavy atom. The number of benzene rings is 1. The normalized spacial score (nSPS) is 18.7. The molecule has 1 fully saturated rings. The predicted molar refractivity (Wildman–Crippen MR) is 110 cm³/mol. The van der Waals surface area contributed by atoms with E-state index in [1.54, 1.807) is 0 Å². The molecule has 152 valence electrons. The molecule has 8 heteroatoms. The summed E-state index contributed by atoms with van der Waals surface area (Å²) in [5, 5.41) is 6.54. The van der Waals surface area contributed by atoms with E-state index in [1.165, 1.54) is 0 Å². The summed E-state index contributed by atoms with van der Waals surface area (Å²) in [6, 6.07) is 7.96. The third kappa shape index (κ3) is 7.76. The molecule has 0 radical (unpaired) electrons. The summed E-state index contributed by atoms with van der Waals surface area (Å²) in [7, 11) is -2.82. The Morgan fingerprint density at radius 1 is 1.26 bits per heavy atom. The lowest BCUT2D eigenvalue weighted by molar-refractivity contribution is 0.228. The van der Waals surface area contributed by atoms with E-state index in [9.17, 15) is 8.42 Å². The lowest BCUT2D eigenvalue weighted by Crippen LogP contribution is -2.46. The monoisotopic (exact) mass is 396 g/mol. The number of hydrogen-bond acceptors (Lipinski definition) is 5. The topological polar surface area (TPSA) is 83.0 Å². The van der Waals surface area contributed by atoms with Crippen LogP contribution in [0.4, 0.5) is 0 Å². The number of sulfone groups is 1. The molecule has 0 aromatic heterocycles. The Kier molecular flexibility index (Phi) is 8.37. The number of para-hydroxylation sites is 1. The minimum atomic E-state index is -2.82. The summed E-state index contributed by atoms with van der Waals surface area (Å²) in [4.78, 5) is 6.77. The second-order valence-electron chi connectivity index (χ2n) is 6.83. The van der Waals surface area contributed by atoms with Crippen LogP contribution in [0.25, 0.3) is 0 Å². The fourth-order valence-electron chi connectivity index (χ4n) is 2.81. The zero-order valence-corrected chi connectivity index (χ0v) is 17.4. The van der Waals surface area contributed by atoms with Gasteiger partial charge in [0.05, 0.1) is 18.1 Å². The third-order valence-corrected chi connectivity index (χ3v) is 6.04. The van der Waals surface area contributed by atoms with Crippen molar-refractivity contribution in [3.8, 4) is 5.75 Å². The van der Waals surface area contributed by atoms with Gasteiger partial charge in [0.1, 0.15) is 11.9 Å². The van der Waals surface area contributed by atoms with Crippen LogP contribution in [0, 0.1) is 6.92 Å². The first-order valence-electron chi connectivity index (χ1n) is 9.57. The van der Waals surface area contributed by atoms with Crippen molar-refractivity contribution >= 4 is 15.8 Å². The Hall–Kier alpha value is -1.80. The molecule has 1 aromatic rings. The summed E-state index contributed by atoms with van der Waals surface area (Å²) in [5.74, 6) is 2.16. The average Bonchev–Trinajstić information content (AvgIpc) is 2.63. The van der Waals surface area contributed by atoms with E-state index < -0.39 is 9.84 Å². The lowest BCUT2D eigenvalue weighted by atomic mass is 10.2. The first-order valence-corrected chi connectivity index (χ1v) is 11.4. The van der Waals surface area contributed by atoms with Gasteiger partial charge in [0.15, 0.2) is 15.8 Å². The summed E-state index contributed by atoms with van der Waals surface area (Å²) >= 11 is 0. The molecule has 1 atom stereocenters. The number of hydrogen-bond donors (Lipinski definition) is 2. The van der Waals surface area contributed by atoms with Gasteiger partial charge in [-0.05, 0) is 32.4 Å². The highest BCUT2D eigenvalue weighted by atomic mass is 32.2. The van der Waals surface area contributed by atoms with Gasteiger partial charge in [0.2, 0.25) is 0 Å². The van der Waals surface area contributed by atoms with E-state index in [4.69, 9.17) is 4.74 Å². The van der Waals surface area contributed by atoms with Gasteiger partial charge >= 0.3 is 0 Å². The molecule has 0 amide bonds. The molecule has 0 saturated carbocycles. The standard InChI is InChI=1S/C19H32N4O3S/c1-4-20-19(21-9-10-23-11-13-27(24,25)14-12-23)22-15-17(3)26-18-8-6-5-7-16(18)2/h5-8,17H,4,9-15H2,1-3H3,(H2,20,21,22). The van der Waals surface area contributed by atoms with Gasteiger partial charge in [-0.1, -0.05) is 18.2 Å². The maximum Gasteiger partial charge on any atom is 0.191 e. The second-order valence-corrected chi connectivity index (χ2v) is 9.14. The third-order valence-electron chi connectivity index (χ3n) is 4.43. The highest BCUT2D eigenvalue weighted by molar-refractivity contribution is 7.91. The van der Waals surface area contributed by atoms with Crippen molar-refractivity contribution in [2.24, 2.45) is 4.99 Å². The quantitative estimate of drug-likeness (QED) is 0.505. The first kappa shape index (κ1) is 21.5. The van der Waals surface area contributed by atoms with Crippen molar-refractivity contribution in [1.82, 2.24) is 15.5 Å². The number of nitrogens with zero attached hydrogens (tertiary/aromatic N) is 2. The average molecular weight is 397 g/mol. The summed E-state index contributed by atoms with van der Waals surface area (Å²) in [5.41, 5.74) is 1.11. The van der Waals surface area contributed by atoms with Crippen molar-refractivity contribution in [2.45, 2.75) is 26.9 Å². The molecule has 1 heterocycles. The molecule has 1 aromatic carbocycles. The molecule has 1 saturated heterocycles. The van der Waals surface area contributed by atoms with Crippen LogP contribution in [0.1, 0.15) is 19.4 Å². The minimum Gasteiger partial charge on any atom is -0.489 e. The van der Waals surface area contributed by atoms with Crippen LogP contribution in [0.2, 0.25) is 0 Å². The fraction of sp³-hybridized carbons (Fsp3) is 0.632. The molecule has 1 unspecified atom stereocenters. The molecule has 27 heavy (non-hydrogen) atoms. The molecular formula is C19H32N4O3S. The zero-order chi connectivity index (χ0) is 19.7. The van der Waals surface area contributed by atoms with Crippen LogP contribution >= 0.6 is 0 Å². The van der Waals surface area contributed by atoms with Crippen molar-refractivity contribution in [3.63, 3.8) is 0 Å². The van der Waals surface area contributed by atoms with Gasteiger partial charge in [-0.15, -0.1) is 0 Å². The van der Waals surface area contributed by atoms with Crippen molar-refractivity contribution in [2.75, 3.05) is 50.8 Å². The fourth-order valence-corrected chi connectivity index (χ4v) is 4.09. The van der Waals surface area contributed by atoms with Gasteiger partial charge in [0.25, 0.3) is 0 Å². The van der Waals surface area contributed by atoms with Crippen LogP contribution in [0.5, 0.6) is 5.75 Å². The number of rotatable bonds is 8. The van der Waals surface area contributed by atoms with E-state index in [1.807, 2.05) is 45.0 Å².